The molecule has 2 N–H and O–H groups in total. The molecule has 0 heterocycles. The van der Waals surface area contributed by atoms with Crippen LogP contribution in [0.25, 0.3) is 0 Å². The van der Waals surface area contributed by atoms with Crippen molar-refractivity contribution in [2.45, 2.75) is 32.2 Å². The molecule has 0 aliphatic carbocycles. The molecule has 108 valence electrons. The van der Waals surface area contributed by atoms with Crippen LogP contribution in [0, 0.1) is 0 Å². The van der Waals surface area contributed by atoms with Crippen molar-refractivity contribution in [3.63, 3.8) is 0 Å². The van der Waals surface area contributed by atoms with Gasteiger partial charge < -0.3 is 9.88 Å². The van der Waals surface area contributed by atoms with E-state index in [4.69, 9.17) is 0 Å². The first-order chi connectivity index (χ1) is 8.88. The maximum atomic E-state index is 3.77. The molecule has 1 unspecified atom stereocenters. The molecule has 1 aromatic carbocycles. The predicted molar refractivity (Wildman–Crippen MR) is 86.8 cm³/mol. The Kier molecular flexibility index (Phi) is 6.72. The van der Waals surface area contributed by atoms with Crippen LogP contribution in [0.1, 0.15) is 18.2 Å². The normalized spacial score (nSPS) is 13.8. The van der Waals surface area contributed by atoms with Crippen molar-refractivity contribution in [3.05, 3.63) is 35.9 Å². The van der Waals surface area contributed by atoms with Gasteiger partial charge in [0.1, 0.15) is 8.24 Å². The second-order valence-corrected chi connectivity index (χ2v) is 11.1. The molecule has 0 amide bonds. The summed E-state index contributed by atoms with van der Waals surface area (Å²) < 4.78 is 0. The summed E-state index contributed by atoms with van der Waals surface area (Å²) in [7, 11) is 2.93. The fraction of sp³-hybridized carbons (Fsp3) is 0.600. The van der Waals surface area contributed by atoms with E-state index in [1.54, 1.807) is 0 Å². The number of nitrogens with one attached hydrogen (secondary N) is 2. The second kappa shape index (κ2) is 7.80. The Hall–Kier alpha value is -0.683. The second-order valence-electron chi connectivity index (χ2n) is 6.35. The maximum absolute atomic E-state index is 3.77. The molecule has 0 aromatic heterocycles. The first kappa shape index (κ1) is 16.4. The van der Waals surface area contributed by atoms with E-state index in [2.05, 4.69) is 79.3 Å². The number of rotatable bonds is 8. The summed E-state index contributed by atoms with van der Waals surface area (Å²) in [5.74, 6) is 0. The summed E-state index contributed by atoms with van der Waals surface area (Å²) in [5.41, 5.74) is 1.33. The third kappa shape index (κ3) is 7.47. The minimum Gasteiger partial charge on any atom is -0.319 e. The van der Waals surface area contributed by atoms with E-state index < -0.39 is 8.24 Å². The lowest BCUT2D eigenvalue weighted by Gasteiger charge is -2.28. The fourth-order valence-electron chi connectivity index (χ4n) is 1.97. The zero-order chi connectivity index (χ0) is 14.3. The van der Waals surface area contributed by atoms with E-state index in [9.17, 15) is 0 Å². The van der Waals surface area contributed by atoms with Crippen LogP contribution in [0.2, 0.25) is 19.6 Å². The SMILES string of the molecule is CN(C)CCCNC(N[Si](C)(C)C)c1ccccc1. The number of nitrogens with zero attached hydrogens (tertiary/aromatic N) is 1. The standard InChI is InChI=1S/C15H29N3Si/c1-18(2)13-9-12-16-15(17-19(3,4)5)14-10-7-6-8-11-14/h6-8,10-11,15-17H,9,12-13H2,1-5H3. The molecule has 1 rings (SSSR count). The largest absolute Gasteiger partial charge is 0.319 e. The van der Waals surface area contributed by atoms with Crippen molar-refractivity contribution in [1.29, 1.82) is 0 Å². The molecule has 0 radical (unpaired) electrons. The first-order valence-corrected chi connectivity index (χ1v) is 10.6. The lowest BCUT2D eigenvalue weighted by molar-refractivity contribution is 0.383. The summed E-state index contributed by atoms with van der Waals surface area (Å²) >= 11 is 0. The molecule has 3 nitrogen and oxygen atoms in total. The topological polar surface area (TPSA) is 27.3 Å². The Balaban J connectivity index is 2.56. The van der Waals surface area contributed by atoms with Crippen LogP contribution in [-0.2, 0) is 0 Å². The average Bonchev–Trinajstić information content (AvgIpc) is 2.32. The van der Waals surface area contributed by atoms with Crippen LogP contribution < -0.4 is 10.3 Å². The van der Waals surface area contributed by atoms with Gasteiger partial charge in [-0.3, -0.25) is 5.32 Å². The van der Waals surface area contributed by atoms with Crippen molar-refractivity contribution in [1.82, 2.24) is 15.2 Å². The van der Waals surface area contributed by atoms with Crippen LogP contribution in [0.4, 0.5) is 0 Å². The summed E-state index contributed by atoms with van der Waals surface area (Å²) in [5, 5.41) is 3.64. The Morgan fingerprint density at radius 2 is 1.74 bits per heavy atom. The molecule has 1 aromatic rings. The zero-order valence-corrected chi connectivity index (χ0v) is 14.0. The van der Waals surface area contributed by atoms with Gasteiger partial charge in [0.05, 0.1) is 6.17 Å². The lowest BCUT2D eigenvalue weighted by atomic mass is 10.2. The van der Waals surface area contributed by atoms with Crippen LogP contribution in [-0.4, -0.2) is 40.3 Å². The third-order valence-electron chi connectivity index (χ3n) is 2.84. The van der Waals surface area contributed by atoms with Gasteiger partial charge in [-0.15, -0.1) is 0 Å². The minimum atomic E-state index is -1.31. The number of benzene rings is 1. The van der Waals surface area contributed by atoms with Crippen LogP contribution in [0.3, 0.4) is 0 Å². The first-order valence-electron chi connectivity index (χ1n) is 7.09. The van der Waals surface area contributed by atoms with E-state index >= 15 is 0 Å². The molecule has 1 atom stereocenters. The highest BCUT2D eigenvalue weighted by Crippen LogP contribution is 2.12. The highest BCUT2D eigenvalue weighted by Gasteiger charge is 2.19. The van der Waals surface area contributed by atoms with Crippen LogP contribution in [0.5, 0.6) is 0 Å². The summed E-state index contributed by atoms with van der Waals surface area (Å²) in [6.45, 7) is 9.18. The molecule has 0 aliphatic heterocycles. The minimum absolute atomic E-state index is 0.273. The predicted octanol–water partition coefficient (Wildman–Crippen LogP) is 2.65. The van der Waals surface area contributed by atoms with Gasteiger partial charge in [-0.05, 0) is 39.2 Å². The third-order valence-corrected chi connectivity index (χ3v) is 4.00. The zero-order valence-electron chi connectivity index (χ0n) is 13.0. The smallest absolute Gasteiger partial charge is 0.118 e. The van der Waals surface area contributed by atoms with Gasteiger partial charge in [0.15, 0.2) is 0 Å². The summed E-state index contributed by atoms with van der Waals surface area (Å²) in [6.07, 6.45) is 1.44. The van der Waals surface area contributed by atoms with E-state index in [1.807, 2.05) is 0 Å². The fourth-order valence-corrected chi connectivity index (χ4v) is 3.11. The molecule has 0 fully saturated rings. The highest BCUT2D eigenvalue weighted by atomic mass is 28.3. The molecule has 0 saturated heterocycles. The Morgan fingerprint density at radius 3 is 2.26 bits per heavy atom. The van der Waals surface area contributed by atoms with Gasteiger partial charge in [0.25, 0.3) is 0 Å². The highest BCUT2D eigenvalue weighted by molar-refractivity contribution is 6.73. The average molecular weight is 280 g/mol. The molecular formula is C15H29N3Si. The Morgan fingerprint density at radius 1 is 1.11 bits per heavy atom. The number of hydrogen-bond donors (Lipinski definition) is 2. The summed E-state index contributed by atoms with van der Waals surface area (Å²) in [6, 6.07) is 10.7. The van der Waals surface area contributed by atoms with Crippen molar-refractivity contribution in [3.8, 4) is 0 Å². The number of hydrogen-bond acceptors (Lipinski definition) is 3. The van der Waals surface area contributed by atoms with Gasteiger partial charge in [-0.25, -0.2) is 0 Å². The van der Waals surface area contributed by atoms with Crippen molar-refractivity contribution in [2.75, 3.05) is 27.2 Å². The van der Waals surface area contributed by atoms with Gasteiger partial charge >= 0.3 is 0 Å². The van der Waals surface area contributed by atoms with E-state index in [-0.39, 0.29) is 6.17 Å². The van der Waals surface area contributed by atoms with Crippen molar-refractivity contribution >= 4 is 8.24 Å². The van der Waals surface area contributed by atoms with Crippen LogP contribution >= 0.6 is 0 Å². The van der Waals surface area contributed by atoms with Gasteiger partial charge in [0.2, 0.25) is 0 Å². The quantitative estimate of drug-likeness (QED) is 0.435. The lowest BCUT2D eigenvalue weighted by Crippen LogP contribution is -2.49. The van der Waals surface area contributed by atoms with Crippen molar-refractivity contribution < 1.29 is 0 Å². The van der Waals surface area contributed by atoms with Crippen molar-refractivity contribution in [2.24, 2.45) is 0 Å². The van der Waals surface area contributed by atoms with Crippen LogP contribution in [0.15, 0.2) is 30.3 Å². The summed E-state index contributed by atoms with van der Waals surface area (Å²) in [4.78, 5) is 6.00. The van der Waals surface area contributed by atoms with Gasteiger partial charge in [-0.1, -0.05) is 50.0 Å². The van der Waals surface area contributed by atoms with E-state index in [0.29, 0.717) is 0 Å². The monoisotopic (exact) mass is 279 g/mol. The molecule has 0 bridgehead atoms. The molecule has 0 spiro atoms. The van der Waals surface area contributed by atoms with Gasteiger partial charge in [0, 0.05) is 0 Å². The van der Waals surface area contributed by atoms with E-state index in [1.165, 1.54) is 12.0 Å². The molecule has 0 aliphatic rings. The molecule has 19 heavy (non-hydrogen) atoms. The Labute approximate surface area is 119 Å². The molecule has 4 heteroatoms. The Bertz CT molecular complexity index is 346. The molecule has 0 saturated carbocycles. The molecular weight excluding hydrogens is 250 g/mol. The van der Waals surface area contributed by atoms with Gasteiger partial charge in [-0.2, -0.15) is 0 Å². The van der Waals surface area contributed by atoms with E-state index in [0.717, 1.165) is 13.1 Å². The maximum Gasteiger partial charge on any atom is 0.118 e.